The Morgan fingerprint density at radius 1 is 1.13 bits per heavy atom. The molecule has 0 aromatic heterocycles. The molecule has 118 valence electrons. The molecule has 2 amide bonds. The standard InChI is InChI=1S/C16H14BrN3O3/c17-13-5-1-11(2-6-13)9-19-23-10-15(21)20-14-7-3-12(4-8-14)16(18)22/h1-9H,10H2,(H2,18,22)(H,20,21)/b19-9-. The zero-order valence-corrected chi connectivity index (χ0v) is 13.6. The van der Waals surface area contributed by atoms with E-state index in [1.807, 2.05) is 24.3 Å². The summed E-state index contributed by atoms with van der Waals surface area (Å²) in [6.07, 6.45) is 1.52. The molecule has 2 rings (SSSR count). The van der Waals surface area contributed by atoms with Gasteiger partial charge in [0.2, 0.25) is 5.91 Å². The third-order valence-corrected chi connectivity index (χ3v) is 3.32. The normalized spacial score (nSPS) is 10.5. The lowest BCUT2D eigenvalue weighted by atomic mass is 10.2. The Bertz CT molecular complexity index is 712. The van der Waals surface area contributed by atoms with Crippen LogP contribution >= 0.6 is 15.9 Å². The summed E-state index contributed by atoms with van der Waals surface area (Å²) in [5.74, 6) is -0.877. The van der Waals surface area contributed by atoms with E-state index in [9.17, 15) is 9.59 Å². The Morgan fingerprint density at radius 3 is 2.39 bits per heavy atom. The highest BCUT2D eigenvalue weighted by atomic mass is 79.9. The van der Waals surface area contributed by atoms with E-state index in [4.69, 9.17) is 10.6 Å². The van der Waals surface area contributed by atoms with Gasteiger partial charge < -0.3 is 15.9 Å². The van der Waals surface area contributed by atoms with E-state index in [0.717, 1.165) is 10.0 Å². The SMILES string of the molecule is NC(=O)c1ccc(NC(=O)CO/N=C\c2ccc(Br)cc2)cc1. The van der Waals surface area contributed by atoms with Crippen LogP contribution in [0, 0.1) is 0 Å². The highest BCUT2D eigenvalue weighted by Crippen LogP contribution is 2.10. The second-order valence-corrected chi connectivity index (χ2v) is 5.46. The van der Waals surface area contributed by atoms with Crippen LogP contribution in [0.25, 0.3) is 0 Å². The van der Waals surface area contributed by atoms with E-state index in [-0.39, 0.29) is 12.5 Å². The second kappa shape index (κ2) is 8.09. The van der Waals surface area contributed by atoms with Crippen molar-refractivity contribution in [1.82, 2.24) is 0 Å². The molecule has 0 bridgehead atoms. The number of primary amides is 1. The minimum atomic E-state index is -0.520. The Kier molecular flexibility index (Phi) is 5.87. The van der Waals surface area contributed by atoms with Gasteiger partial charge in [-0.15, -0.1) is 0 Å². The average molecular weight is 376 g/mol. The summed E-state index contributed by atoms with van der Waals surface area (Å²) >= 11 is 3.34. The third-order valence-electron chi connectivity index (χ3n) is 2.80. The Morgan fingerprint density at radius 2 is 1.78 bits per heavy atom. The summed E-state index contributed by atoms with van der Waals surface area (Å²) in [7, 11) is 0. The number of hydrogen-bond acceptors (Lipinski definition) is 4. The number of hydrogen-bond donors (Lipinski definition) is 2. The predicted octanol–water partition coefficient (Wildman–Crippen LogP) is 2.54. The van der Waals surface area contributed by atoms with Crippen molar-refractivity contribution in [3.8, 4) is 0 Å². The van der Waals surface area contributed by atoms with E-state index in [1.54, 1.807) is 12.1 Å². The molecule has 0 atom stereocenters. The first kappa shape index (κ1) is 16.7. The molecule has 2 aromatic carbocycles. The first-order valence-electron chi connectivity index (χ1n) is 6.65. The molecule has 2 aromatic rings. The number of nitrogens with one attached hydrogen (secondary N) is 1. The van der Waals surface area contributed by atoms with Crippen molar-refractivity contribution in [3.05, 3.63) is 64.1 Å². The van der Waals surface area contributed by atoms with Gasteiger partial charge in [0, 0.05) is 15.7 Å². The fraction of sp³-hybridized carbons (Fsp3) is 0.0625. The van der Waals surface area contributed by atoms with Gasteiger partial charge in [-0.05, 0) is 42.0 Å². The van der Waals surface area contributed by atoms with Gasteiger partial charge >= 0.3 is 0 Å². The van der Waals surface area contributed by atoms with Crippen molar-refractivity contribution in [1.29, 1.82) is 0 Å². The molecule has 0 aliphatic rings. The fourth-order valence-electron chi connectivity index (χ4n) is 1.66. The lowest BCUT2D eigenvalue weighted by Gasteiger charge is -2.04. The van der Waals surface area contributed by atoms with Crippen LogP contribution in [0.15, 0.2) is 58.2 Å². The number of amides is 2. The summed E-state index contributed by atoms with van der Waals surface area (Å²) in [6.45, 7) is -0.218. The maximum absolute atomic E-state index is 11.7. The van der Waals surface area contributed by atoms with E-state index in [2.05, 4.69) is 26.4 Å². The van der Waals surface area contributed by atoms with Gasteiger partial charge in [-0.2, -0.15) is 0 Å². The first-order chi connectivity index (χ1) is 11.0. The van der Waals surface area contributed by atoms with Gasteiger partial charge in [-0.3, -0.25) is 9.59 Å². The van der Waals surface area contributed by atoms with Crippen LogP contribution in [0.4, 0.5) is 5.69 Å². The number of oxime groups is 1. The molecule has 0 aliphatic heterocycles. The minimum absolute atomic E-state index is 0.218. The summed E-state index contributed by atoms with van der Waals surface area (Å²) in [6, 6.07) is 13.7. The number of carbonyl (C=O) groups is 2. The fourth-order valence-corrected chi connectivity index (χ4v) is 1.92. The van der Waals surface area contributed by atoms with Gasteiger partial charge in [-0.25, -0.2) is 0 Å². The largest absolute Gasteiger partial charge is 0.386 e. The molecular weight excluding hydrogens is 362 g/mol. The third kappa shape index (κ3) is 5.55. The number of carbonyl (C=O) groups excluding carboxylic acids is 2. The molecule has 0 saturated heterocycles. The maximum atomic E-state index is 11.7. The molecule has 0 radical (unpaired) electrons. The molecule has 0 heterocycles. The van der Waals surface area contributed by atoms with E-state index >= 15 is 0 Å². The van der Waals surface area contributed by atoms with Gasteiger partial charge in [0.05, 0.1) is 6.21 Å². The average Bonchev–Trinajstić information content (AvgIpc) is 2.54. The van der Waals surface area contributed by atoms with E-state index < -0.39 is 5.91 Å². The Hall–Kier alpha value is -2.67. The molecular formula is C16H14BrN3O3. The molecule has 3 N–H and O–H groups in total. The van der Waals surface area contributed by atoms with Gasteiger partial charge in [-0.1, -0.05) is 33.2 Å². The molecule has 23 heavy (non-hydrogen) atoms. The lowest BCUT2D eigenvalue weighted by Crippen LogP contribution is -2.17. The number of nitrogens with zero attached hydrogens (tertiary/aromatic N) is 1. The van der Waals surface area contributed by atoms with Crippen LogP contribution in [0.3, 0.4) is 0 Å². The molecule has 6 nitrogen and oxygen atoms in total. The molecule has 0 aliphatic carbocycles. The summed E-state index contributed by atoms with van der Waals surface area (Å²) < 4.78 is 0.970. The number of anilines is 1. The topological polar surface area (TPSA) is 93.8 Å². The molecule has 0 spiro atoms. The van der Waals surface area contributed by atoms with Crippen molar-refractivity contribution in [2.75, 3.05) is 11.9 Å². The predicted molar refractivity (Wildman–Crippen MR) is 91.3 cm³/mol. The zero-order valence-electron chi connectivity index (χ0n) is 12.0. The van der Waals surface area contributed by atoms with Crippen molar-refractivity contribution in [2.24, 2.45) is 10.9 Å². The van der Waals surface area contributed by atoms with Crippen LogP contribution in [0.2, 0.25) is 0 Å². The highest BCUT2D eigenvalue weighted by molar-refractivity contribution is 9.10. The van der Waals surface area contributed by atoms with Gasteiger partial charge in [0.1, 0.15) is 0 Å². The Balaban J connectivity index is 1.78. The lowest BCUT2D eigenvalue weighted by molar-refractivity contribution is -0.120. The zero-order chi connectivity index (χ0) is 16.7. The molecule has 0 fully saturated rings. The van der Waals surface area contributed by atoms with Crippen LogP contribution < -0.4 is 11.1 Å². The van der Waals surface area contributed by atoms with E-state index in [0.29, 0.717) is 11.3 Å². The van der Waals surface area contributed by atoms with Gasteiger partial charge in [0.25, 0.3) is 5.91 Å². The maximum Gasteiger partial charge on any atom is 0.265 e. The number of benzene rings is 2. The highest BCUT2D eigenvalue weighted by Gasteiger charge is 2.04. The van der Waals surface area contributed by atoms with Crippen molar-refractivity contribution < 1.29 is 14.4 Å². The summed E-state index contributed by atoms with van der Waals surface area (Å²) in [5, 5.41) is 6.35. The molecule has 0 saturated carbocycles. The van der Waals surface area contributed by atoms with Crippen molar-refractivity contribution in [2.45, 2.75) is 0 Å². The van der Waals surface area contributed by atoms with E-state index in [1.165, 1.54) is 18.3 Å². The molecule has 7 heteroatoms. The van der Waals surface area contributed by atoms with Crippen LogP contribution in [0.1, 0.15) is 15.9 Å². The van der Waals surface area contributed by atoms with Crippen LogP contribution in [-0.2, 0) is 9.63 Å². The number of rotatable bonds is 6. The monoisotopic (exact) mass is 375 g/mol. The van der Waals surface area contributed by atoms with Gasteiger partial charge in [0.15, 0.2) is 6.61 Å². The van der Waals surface area contributed by atoms with Crippen LogP contribution in [0.5, 0.6) is 0 Å². The summed E-state index contributed by atoms with van der Waals surface area (Å²) in [4.78, 5) is 27.6. The minimum Gasteiger partial charge on any atom is -0.386 e. The number of halogens is 1. The van der Waals surface area contributed by atoms with Crippen molar-refractivity contribution in [3.63, 3.8) is 0 Å². The number of nitrogens with two attached hydrogens (primary N) is 1. The quantitative estimate of drug-likeness (QED) is 0.599. The summed E-state index contributed by atoms with van der Waals surface area (Å²) in [5.41, 5.74) is 6.91. The second-order valence-electron chi connectivity index (χ2n) is 4.55. The van der Waals surface area contributed by atoms with Crippen molar-refractivity contribution >= 4 is 39.6 Å². The Labute approximate surface area is 141 Å². The smallest absolute Gasteiger partial charge is 0.265 e. The first-order valence-corrected chi connectivity index (χ1v) is 7.44. The molecule has 0 unspecified atom stereocenters. The van der Waals surface area contributed by atoms with Crippen LogP contribution in [-0.4, -0.2) is 24.6 Å².